The largest absolute Gasteiger partial charge is 0.379 e. The fourth-order valence-corrected chi connectivity index (χ4v) is 5.03. The number of hydrogen-bond donors (Lipinski definition) is 1. The third kappa shape index (κ3) is 4.96. The molecule has 0 spiro atoms. The lowest BCUT2D eigenvalue weighted by Crippen LogP contribution is -2.37. The van der Waals surface area contributed by atoms with Gasteiger partial charge in [0.2, 0.25) is 0 Å². The standard InChI is InChI=1S/C25H27N5OS/c1-18-28-22(15-25(29-18)27-7-4-8-30-9-11-31-12-10-30)20-13-21(17-26-16-20)24-14-19-5-2-3-6-23(19)32-24/h2-3,5-6,13-17H,4,7-12H2,1H3,(H,27,28,29). The van der Waals surface area contributed by atoms with Gasteiger partial charge in [0.25, 0.3) is 0 Å². The number of hydrogen-bond acceptors (Lipinski definition) is 7. The molecule has 1 saturated heterocycles. The van der Waals surface area contributed by atoms with Crippen LogP contribution in [0.4, 0.5) is 5.82 Å². The number of morpholine rings is 1. The van der Waals surface area contributed by atoms with Gasteiger partial charge in [0.15, 0.2) is 0 Å². The van der Waals surface area contributed by atoms with Crippen LogP contribution in [0.5, 0.6) is 0 Å². The molecule has 1 aliphatic heterocycles. The number of nitrogens with zero attached hydrogens (tertiary/aromatic N) is 4. The molecule has 0 unspecified atom stereocenters. The molecule has 5 rings (SSSR count). The second kappa shape index (κ2) is 9.73. The third-order valence-corrected chi connectivity index (χ3v) is 6.81. The Hall–Kier alpha value is -2.87. The van der Waals surface area contributed by atoms with E-state index in [1.165, 1.54) is 15.0 Å². The van der Waals surface area contributed by atoms with Crippen molar-refractivity contribution in [2.45, 2.75) is 13.3 Å². The first-order valence-electron chi connectivity index (χ1n) is 11.1. The summed E-state index contributed by atoms with van der Waals surface area (Å²) in [5.41, 5.74) is 3.01. The van der Waals surface area contributed by atoms with E-state index in [0.29, 0.717) is 0 Å². The highest BCUT2D eigenvalue weighted by molar-refractivity contribution is 7.22. The highest BCUT2D eigenvalue weighted by atomic mass is 32.1. The van der Waals surface area contributed by atoms with Crippen LogP contribution in [0, 0.1) is 6.92 Å². The topological polar surface area (TPSA) is 63.2 Å². The van der Waals surface area contributed by atoms with Gasteiger partial charge >= 0.3 is 0 Å². The lowest BCUT2D eigenvalue weighted by Gasteiger charge is -2.26. The van der Waals surface area contributed by atoms with E-state index in [0.717, 1.165) is 74.3 Å². The number of thiophene rings is 1. The van der Waals surface area contributed by atoms with Crippen molar-refractivity contribution in [3.8, 4) is 21.7 Å². The molecule has 1 aromatic carbocycles. The summed E-state index contributed by atoms with van der Waals surface area (Å²) in [7, 11) is 0. The van der Waals surface area contributed by atoms with Crippen molar-refractivity contribution in [2.75, 3.05) is 44.7 Å². The van der Waals surface area contributed by atoms with Gasteiger partial charge in [0.05, 0.1) is 18.9 Å². The second-order valence-corrected chi connectivity index (χ2v) is 9.11. The van der Waals surface area contributed by atoms with Crippen LogP contribution in [-0.4, -0.2) is 59.2 Å². The Morgan fingerprint density at radius 3 is 2.75 bits per heavy atom. The van der Waals surface area contributed by atoms with Crippen LogP contribution in [0.3, 0.4) is 0 Å². The molecule has 0 amide bonds. The molecule has 4 heterocycles. The maximum Gasteiger partial charge on any atom is 0.130 e. The number of nitrogens with one attached hydrogen (secondary N) is 1. The lowest BCUT2D eigenvalue weighted by atomic mass is 10.1. The molecular formula is C25H27N5OS. The number of fused-ring (bicyclic) bond motifs is 1. The molecule has 1 aliphatic rings. The predicted molar refractivity (Wildman–Crippen MR) is 131 cm³/mol. The predicted octanol–water partition coefficient (Wildman–Crippen LogP) is 4.86. The Kier molecular flexibility index (Phi) is 6.39. The summed E-state index contributed by atoms with van der Waals surface area (Å²) in [5, 5.41) is 4.74. The number of rotatable bonds is 7. The number of anilines is 1. The van der Waals surface area contributed by atoms with E-state index in [9.17, 15) is 0 Å². The van der Waals surface area contributed by atoms with Gasteiger partial charge in [-0.1, -0.05) is 18.2 Å². The summed E-state index contributed by atoms with van der Waals surface area (Å²) in [6, 6.07) is 14.9. The number of ether oxygens (including phenoxy) is 1. The van der Waals surface area contributed by atoms with Gasteiger partial charge in [-0.05, 0) is 43.5 Å². The maximum absolute atomic E-state index is 5.42. The maximum atomic E-state index is 5.42. The van der Waals surface area contributed by atoms with Crippen molar-refractivity contribution >= 4 is 27.2 Å². The molecule has 1 fully saturated rings. The van der Waals surface area contributed by atoms with E-state index in [4.69, 9.17) is 4.74 Å². The third-order valence-electron chi connectivity index (χ3n) is 5.64. The van der Waals surface area contributed by atoms with E-state index in [-0.39, 0.29) is 0 Å². The van der Waals surface area contributed by atoms with Crippen LogP contribution in [0.25, 0.3) is 31.8 Å². The van der Waals surface area contributed by atoms with E-state index in [2.05, 4.69) is 61.6 Å². The monoisotopic (exact) mass is 445 g/mol. The first-order chi connectivity index (χ1) is 15.7. The molecular weight excluding hydrogens is 418 g/mol. The quantitative estimate of drug-likeness (QED) is 0.410. The van der Waals surface area contributed by atoms with Gasteiger partial charge in [-0.25, -0.2) is 9.97 Å². The van der Waals surface area contributed by atoms with E-state index in [1.807, 2.05) is 25.4 Å². The summed E-state index contributed by atoms with van der Waals surface area (Å²) in [6.07, 6.45) is 4.87. The molecule has 4 aromatic rings. The van der Waals surface area contributed by atoms with Crippen molar-refractivity contribution in [1.29, 1.82) is 0 Å². The van der Waals surface area contributed by atoms with E-state index >= 15 is 0 Å². The Labute approximate surface area is 192 Å². The molecule has 0 radical (unpaired) electrons. The van der Waals surface area contributed by atoms with Crippen molar-refractivity contribution in [1.82, 2.24) is 19.9 Å². The van der Waals surface area contributed by atoms with Crippen LogP contribution in [0.1, 0.15) is 12.2 Å². The molecule has 0 atom stereocenters. The Balaban J connectivity index is 1.30. The minimum atomic E-state index is 0.755. The zero-order valence-electron chi connectivity index (χ0n) is 18.3. The minimum absolute atomic E-state index is 0.755. The van der Waals surface area contributed by atoms with Gasteiger partial charge < -0.3 is 10.1 Å². The van der Waals surface area contributed by atoms with E-state index in [1.54, 1.807) is 11.3 Å². The Bertz CT molecular complexity index is 1170. The fraction of sp³-hybridized carbons (Fsp3) is 0.320. The number of benzene rings is 1. The molecule has 0 aliphatic carbocycles. The zero-order chi connectivity index (χ0) is 21.8. The van der Waals surface area contributed by atoms with Gasteiger partial charge in [-0.3, -0.25) is 9.88 Å². The average Bonchev–Trinajstić information content (AvgIpc) is 3.27. The Morgan fingerprint density at radius 2 is 1.88 bits per heavy atom. The molecule has 7 heteroatoms. The van der Waals surface area contributed by atoms with Crippen molar-refractivity contribution < 1.29 is 4.74 Å². The van der Waals surface area contributed by atoms with E-state index < -0.39 is 0 Å². The van der Waals surface area contributed by atoms with Crippen molar-refractivity contribution in [3.63, 3.8) is 0 Å². The second-order valence-electron chi connectivity index (χ2n) is 8.03. The molecule has 1 N–H and O–H groups in total. The van der Waals surface area contributed by atoms with Crippen LogP contribution in [0.2, 0.25) is 0 Å². The summed E-state index contributed by atoms with van der Waals surface area (Å²) in [5.74, 6) is 1.62. The Morgan fingerprint density at radius 1 is 1.03 bits per heavy atom. The zero-order valence-corrected chi connectivity index (χ0v) is 19.1. The van der Waals surface area contributed by atoms with Crippen LogP contribution >= 0.6 is 11.3 Å². The number of aryl methyl sites for hydroxylation is 1. The fourth-order valence-electron chi connectivity index (χ4n) is 3.99. The molecule has 6 nitrogen and oxygen atoms in total. The van der Waals surface area contributed by atoms with Crippen molar-refractivity contribution in [3.05, 3.63) is 60.7 Å². The van der Waals surface area contributed by atoms with Gasteiger partial charge in [-0.15, -0.1) is 11.3 Å². The number of pyridine rings is 1. The first kappa shape index (κ1) is 21.0. The van der Waals surface area contributed by atoms with Crippen molar-refractivity contribution in [2.24, 2.45) is 0 Å². The number of aromatic nitrogens is 3. The van der Waals surface area contributed by atoms with Crippen LogP contribution in [-0.2, 0) is 4.74 Å². The van der Waals surface area contributed by atoms with Gasteiger partial charge in [-0.2, -0.15) is 0 Å². The SMILES string of the molecule is Cc1nc(NCCCN2CCOCC2)cc(-c2cncc(-c3cc4ccccc4s3)c2)n1. The first-order valence-corrected chi connectivity index (χ1v) is 11.9. The molecule has 0 bridgehead atoms. The van der Waals surface area contributed by atoms with Crippen LogP contribution < -0.4 is 5.32 Å². The summed E-state index contributed by atoms with van der Waals surface area (Å²) < 4.78 is 6.70. The summed E-state index contributed by atoms with van der Waals surface area (Å²) in [6.45, 7) is 7.64. The highest BCUT2D eigenvalue weighted by Crippen LogP contribution is 2.34. The normalized spacial score (nSPS) is 14.7. The molecule has 3 aromatic heterocycles. The summed E-state index contributed by atoms with van der Waals surface area (Å²) in [4.78, 5) is 17.4. The average molecular weight is 446 g/mol. The van der Waals surface area contributed by atoms with Crippen LogP contribution in [0.15, 0.2) is 54.9 Å². The highest BCUT2D eigenvalue weighted by Gasteiger charge is 2.11. The van der Waals surface area contributed by atoms with Gasteiger partial charge in [0, 0.05) is 58.8 Å². The lowest BCUT2D eigenvalue weighted by molar-refractivity contribution is 0.0378. The van der Waals surface area contributed by atoms with Gasteiger partial charge in [0.1, 0.15) is 11.6 Å². The smallest absolute Gasteiger partial charge is 0.130 e. The molecule has 32 heavy (non-hydrogen) atoms. The minimum Gasteiger partial charge on any atom is -0.379 e. The summed E-state index contributed by atoms with van der Waals surface area (Å²) >= 11 is 1.79. The molecule has 164 valence electrons. The molecule has 0 saturated carbocycles.